The van der Waals surface area contributed by atoms with Crippen molar-refractivity contribution in [2.24, 2.45) is 5.92 Å². The van der Waals surface area contributed by atoms with E-state index >= 15 is 0 Å². The summed E-state index contributed by atoms with van der Waals surface area (Å²) < 4.78 is 27.1. The Morgan fingerprint density at radius 3 is 2.29 bits per heavy atom. The van der Waals surface area contributed by atoms with Crippen LogP contribution in [0.2, 0.25) is 0 Å². The van der Waals surface area contributed by atoms with Gasteiger partial charge in [-0.05, 0) is 49.1 Å². The lowest BCUT2D eigenvalue weighted by atomic mass is 10.1. The first-order valence-corrected chi connectivity index (χ1v) is 9.47. The molecular formula is C18H20N2O3S. The van der Waals surface area contributed by atoms with E-state index in [1.807, 2.05) is 12.1 Å². The van der Waals surface area contributed by atoms with Crippen molar-refractivity contribution in [3.05, 3.63) is 60.2 Å². The summed E-state index contributed by atoms with van der Waals surface area (Å²) in [6.07, 6.45) is 2.73. The molecule has 1 aliphatic rings. The molecular weight excluding hydrogens is 324 g/mol. The molecule has 24 heavy (non-hydrogen) atoms. The van der Waals surface area contributed by atoms with Gasteiger partial charge in [-0.1, -0.05) is 30.3 Å². The highest BCUT2D eigenvalue weighted by molar-refractivity contribution is 7.92. The summed E-state index contributed by atoms with van der Waals surface area (Å²) in [4.78, 5) is 11.8. The molecule has 1 amide bonds. The van der Waals surface area contributed by atoms with E-state index in [9.17, 15) is 13.2 Å². The van der Waals surface area contributed by atoms with Crippen molar-refractivity contribution < 1.29 is 13.2 Å². The first-order valence-electron chi connectivity index (χ1n) is 7.99. The third kappa shape index (κ3) is 4.35. The third-order valence-electron chi connectivity index (χ3n) is 3.92. The van der Waals surface area contributed by atoms with Gasteiger partial charge in [0.25, 0.3) is 10.0 Å². The van der Waals surface area contributed by atoms with Crippen LogP contribution in [0.15, 0.2) is 59.5 Å². The summed E-state index contributed by atoms with van der Waals surface area (Å²) in [6.45, 7) is 0.602. The molecule has 0 radical (unpaired) electrons. The Hall–Kier alpha value is -2.34. The van der Waals surface area contributed by atoms with E-state index in [0.29, 0.717) is 12.2 Å². The topological polar surface area (TPSA) is 75.3 Å². The van der Waals surface area contributed by atoms with Crippen LogP contribution in [0.5, 0.6) is 0 Å². The van der Waals surface area contributed by atoms with E-state index in [2.05, 4.69) is 10.0 Å². The van der Waals surface area contributed by atoms with Crippen molar-refractivity contribution in [2.45, 2.75) is 24.2 Å². The zero-order valence-electron chi connectivity index (χ0n) is 13.2. The van der Waals surface area contributed by atoms with Gasteiger partial charge in [-0.25, -0.2) is 8.42 Å². The van der Waals surface area contributed by atoms with Crippen molar-refractivity contribution in [3.8, 4) is 0 Å². The van der Waals surface area contributed by atoms with Gasteiger partial charge in [-0.15, -0.1) is 0 Å². The Bertz CT molecular complexity index is 798. The van der Waals surface area contributed by atoms with E-state index < -0.39 is 10.0 Å². The van der Waals surface area contributed by atoms with Crippen LogP contribution in [0.1, 0.15) is 18.4 Å². The molecule has 2 aromatic carbocycles. The fraction of sp³-hybridized carbons (Fsp3) is 0.278. The lowest BCUT2D eigenvalue weighted by molar-refractivity contribution is -0.122. The molecule has 1 saturated carbocycles. The Morgan fingerprint density at radius 2 is 1.67 bits per heavy atom. The summed E-state index contributed by atoms with van der Waals surface area (Å²) in [6, 6.07) is 15.5. The van der Waals surface area contributed by atoms with Crippen molar-refractivity contribution >= 4 is 21.6 Å². The fourth-order valence-corrected chi connectivity index (χ4v) is 3.45. The minimum atomic E-state index is -3.56. The van der Waals surface area contributed by atoms with Crippen LogP contribution in [0, 0.1) is 5.92 Å². The molecule has 1 aliphatic carbocycles. The van der Waals surface area contributed by atoms with Crippen LogP contribution < -0.4 is 10.0 Å². The highest BCUT2D eigenvalue weighted by atomic mass is 32.2. The van der Waals surface area contributed by atoms with Crippen LogP contribution in [0.25, 0.3) is 0 Å². The second-order valence-electron chi connectivity index (χ2n) is 5.93. The van der Waals surface area contributed by atoms with E-state index in [4.69, 9.17) is 0 Å². The van der Waals surface area contributed by atoms with E-state index in [0.717, 1.165) is 24.8 Å². The average Bonchev–Trinajstić information content (AvgIpc) is 3.42. The van der Waals surface area contributed by atoms with E-state index in [1.165, 1.54) is 0 Å². The van der Waals surface area contributed by atoms with Crippen LogP contribution in [-0.4, -0.2) is 20.9 Å². The molecule has 0 atom stereocenters. The van der Waals surface area contributed by atoms with Gasteiger partial charge in [0.05, 0.1) is 4.90 Å². The van der Waals surface area contributed by atoms with Gasteiger partial charge in [-0.3, -0.25) is 9.52 Å². The molecule has 2 N–H and O–H groups in total. The van der Waals surface area contributed by atoms with Gasteiger partial charge < -0.3 is 5.32 Å². The minimum Gasteiger partial charge on any atom is -0.356 e. The fourth-order valence-electron chi connectivity index (χ4n) is 2.37. The molecule has 6 heteroatoms. The molecule has 3 rings (SSSR count). The monoisotopic (exact) mass is 344 g/mol. The second-order valence-corrected chi connectivity index (χ2v) is 7.61. The standard InChI is InChI=1S/C18H20N2O3S/c21-18(15-8-9-15)19-13-12-14-6-10-16(11-7-14)20-24(22,23)17-4-2-1-3-5-17/h1-7,10-11,15,20H,8-9,12-13H2,(H,19,21). The highest BCUT2D eigenvalue weighted by Crippen LogP contribution is 2.28. The van der Waals surface area contributed by atoms with Crippen molar-refractivity contribution in [2.75, 3.05) is 11.3 Å². The number of benzene rings is 2. The first-order chi connectivity index (χ1) is 11.5. The quantitative estimate of drug-likeness (QED) is 0.810. The number of anilines is 1. The number of hydrogen-bond acceptors (Lipinski definition) is 3. The minimum absolute atomic E-state index is 0.141. The van der Waals surface area contributed by atoms with Crippen LogP contribution in [-0.2, 0) is 21.2 Å². The number of rotatable bonds is 7. The summed E-state index contributed by atoms with van der Waals surface area (Å²) >= 11 is 0. The summed E-state index contributed by atoms with van der Waals surface area (Å²) in [5.74, 6) is 0.363. The maximum atomic E-state index is 12.2. The molecule has 1 fully saturated rings. The lowest BCUT2D eigenvalue weighted by Crippen LogP contribution is -2.26. The van der Waals surface area contributed by atoms with E-state index in [1.54, 1.807) is 42.5 Å². The number of carbonyl (C=O) groups is 1. The van der Waals surface area contributed by atoms with Crippen LogP contribution in [0.3, 0.4) is 0 Å². The molecule has 2 aromatic rings. The van der Waals surface area contributed by atoms with Gasteiger partial charge in [0.2, 0.25) is 5.91 Å². The average molecular weight is 344 g/mol. The zero-order chi connectivity index (χ0) is 17.0. The second kappa shape index (κ2) is 7.05. The normalized spacial score (nSPS) is 14.2. The smallest absolute Gasteiger partial charge is 0.261 e. The molecule has 126 valence electrons. The van der Waals surface area contributed by atoms with Crippen molar-refractivity contribution in [1.82, 2.24) is 5.32 Å². The number of hydrogen-bond donors (Lipinski definition) is 2. The van der Waals surface area contributed by atoms with E-state index in [-0.39, 0.29) is 16.7 Å². The predicted molar refractivity (Wildman–Crippen MR) is 93.1 cm³/mol. The Balaban J connectivity index is 1.55. The molecule has 0 spiro atoms. The number of amides is 1. The highest BCUT2D eigenvalue weighted by Gasteiger charge is 2.28. The number of nitrogens with one attached hydrogen (secondary N) is 2. The maximum absolute atomic E-state index is 12.2. The van der Waals surface area contributed by atoms with Gasteiger partial charge in [-0.2, -0.15) is 0 Å². The van der Waals surface area contributed by atoms with Gasteiger partial charge in [0, 0.05) is 18.2 Å². The first kappa shape index (κ1) is 16.5. The predicted octanol–water partition coefficient (Wildman–Crippen LogP) is 2.56. The molecule has 5 nitrogen and oxygen atoms in total. The molecule has 0 aliphatic heterocycles. The van der Waals surface area contributed by atoms with Crippen molar-refractivity contribution in [3.63, 3.8) is 0 Å². The van der Waals surface area contributed by atoms with Crippen LogP contribution in [0.4, 0.5) is 5.69 Å². The number of sulfonamides is 1. The molecule has 0 unspecified atom stereocenters. The SMILES string of the molecule is O=C(NCCc1ccc(NS(=O)(=O)c2ccccc2)cc1)C1CC1. The van der Waals surface area contributed by atoms with Gasteiger partial charge in [0.1, 0.15) is 0 Å². The summed E-state index contributed by atoms with van der Waals surface area (Å²) in [5.41, 5.74) is 1.57. The van der Waals surface area contributed by atoms with Gasteiger partial charge in [0.15, 0.2) is 0 Å². The summed E-state index contributed by atoms with van der Waals surface area (Å²) in [5, 5.41) is 2.92. The van der Waals surface area contributed by atoms with Crippen LogP contribution >= 0.6 is 0 Å². The Kier molecular flexibility index (Phi) is 4.85. The molecule has 0 bridgehead atoms. The molecule has 0 heterocycles. The zero-order valence-corrected chi connectivity index (χ0v) is 14.1. The maximum Gasteiger partial charge on any atom is 0.261 e. The molecule has 0 aromatic heterocycles. The van der Waals surface area contributed by atoms with Gasteiger partial charge >= 0.3 is 0 Å². The third-order valence-corrected chi connectivity index (χ3v) is 5.32. The number of carbonyl (C=O) groups excluding carboxylic acids is 1. The Morgan fingerprint density at radius 1 is 1.00 bits per heavy atom. The lowest BCUT2D eigenvalue weighted by Gasteiger charge is -2.09. The summed E-state index contributed by atoms with van der Waals surface area (Å²) in [7, 11) is -3.56. The largest absolute Gasteiger partial charge is 0.356 e. The van der Waals surface area contributed by atoms with Crippen molar-refractivity contribution in [1.29, 1.82) is 0 Å². The molecule has 0 saturated heterocycles. The Labute approximate surface area is 142 Å².